The molecule has 0 amide bonds. The van der Waals surface area contributed by atoms with E-state index in [0.717, 1.165) is 19.3 Å². The monoisotopic (exact) mass is 223 g/mol. The van der Waals surface area contributed by atoms with Crippen molar-refractivity contribution in [1.29, 1.82) is 0 Å². The maximum atomic E-state index is 11.7. The Bertz CT molecular complexity index is 416. The van der Waals surface area contributed by atoms with E-state index in [2.05, 4.69) is 10.3 Å². The van der Waals surface area contributed by atoms with Gasteiger partial charge in [-0.15, -0.1) is 0 Å². The molecule has 1 N–H and O–H groups in total. The lowest BCUT2D eigenvalue weighted by atomic mass is 10.2. The molecule has 5 heteroatoms. The third-order valence-corrected chi connectivity index (χ3v) is 3.09. The van der Waals surface area contributed by atoms with Crippen LogP contribution in [-0.2, 0) is 11.8 Å². The molecular formula is C11H17N3O2. The van der Waals surface area contributed by atoms with E-state index in [0.29, 0.717) is 5.82 Å². The van der Waals surface area contributed by atoms with Gasteiger partial charge in [-0.2, -0.15) is 0 Å². The number of nitrogens with one attached hydrogen (secondary N) is 1. The molecule has 1 aliphatic rings. The second-order valence-corrected chi connectivity index (χ2v) is 4.15. The summed E-state index contributed by atoms with van der Waals surface area (Å²) in [5.41, 5.74) is -0.0933. The van der Waals surface area contributed by atoms with E-state index in [1.165, 1.54) is 4.57 Å². The molecule has 2 rings (SSSR count). The molecule has 0 aromatic carbocycles. The van der Waals surface area contributed by atoms with Crippen LogP contribution < -0.4 is 10.9 Å². The number of rotatable bonds is 3. The van der Waals surface area contributed by atoms with Gasteiger partial charge in [-0.05, 0) is 19.3 Å². The molecule has 0 radical (unpaired) electrons. The summed E-state index contributed by atoms with van der Waals surface area (Å²) in [6.07, 6.45) is 6.66. The summed E-state index contributed by atoms with van der Waals surface area (Å²) in [5, 5.41) is 3.18. The fraction of sp³-hybridized carbons (Fsp3) is 0.636. The van der Waals surface area contributed by atoms with Gasteiger partial charge in [0.2, 0.25) is 0 Å². The molecule has 0 spiro atoms. The van der Waals surface area contributed by atoms with Crippen molar-refractivity contribution in [2.45, 2.75) is 31.4 Å². The van der Waals surface area contributed by atoms with E-state index in [-0.39, 0.29) is 17.7 Å². The van der Waals surface area contributed by atoms with Crippen LogP contribution in [0.4, 0.5) is 5.82 Å². The number of hydrogen-bond acceptors (Lipinski definition) is 4. The molecule has 1 aromatic rings. The maximum Gasteiger partial charge on any atom is 0.293 e. The van der Waals surface area contributed by atoms with Crippen LogP contribution in [-0.4, -0.2) is 28.8 Å². The van der Waals surface area contributed by atoms with Gasteiger partial charge in [0.1, 0.15) is 0 Å². The summed E-state index contributed by atoms with van der Waals surface area (Å²) >= 11 is 0. The molecule has 1 fully saturated rings. The molecule has 1 aromatic heterocycles. The lowest BCUT2D eigenvalue weighted by Gasteiger charge is -2.19. The lowest BCUT2D eigenvalue weighted by molar-refractivity contribution is 0.101. The number of aryl methyl sites for hydroxylation is 1. The second-order valence-electron chi connectivity index (χ2n) is 4.15. The molecule has 1 aliphatic carbocycles. The molecule has 0 bridgehead atoms. The average molecular weight is 223 g/mol. The van der Waals surface area contributed by atoms with Gasteiger partial charge in [0.15, 0.2) is 5.82 Å². The normalized spacial score (nSPS) is 24.6. The number of methoxy groups -OCH3 is 1. The number of nitrogens with zero attached hydrogens (tertiary/aromatic N) is 2. The van der Waals surface area contributed by atoms with Crippen LogP contribution in [0.25, 0.3) is 0 Å². The van der Waals surface area contributed by atoms with Crippen molar-refractivity contribution in [2.75, 3.05) is 12.4 Å². The Morgan fingerprint density at radius 1 is 1.56 bits per heavy atom. The van der Waals surface area contributed by atoms with Crippen molar-refractivity contribution < 1.29 is 4.74 Å². The SMILES string of the molecule is COC1CCCC1Nc1nccn(C)c1=O. The van der Waals surface area contributed by atoms with Crippen LogP contribution in [0, 0.1) is 0 Å². The fourth-order valence-corrected chi connectivity index (χ4v) is 2.15. The van der Waals surface area contributed by atoms with Gasteiger partial charge in [0.25, 0.3) is 5.56 Å². The van der Waals surface area contributed by atoms with E-state index in [4.69, 9.17) is 4.74 Å². The highest BCUT2D eigenvalue weighted by atomic mass is 16.5. The number of ether oxygens (including phenoxy) is 1. The largest absolute Gasteiger partial charge is 0.379 e. The predicted octanol–water partition coefficient (Wildman–Crippen LogP) is 0.760. The molecule has 16 heavy (non-hydrogen) atoms. The van der Waals surface area contributed by atoms with E-state index >= 15 is 0 Å². The molecule has 1 saturated carbocycles. The Balaban J connectivity index is 2.15. The van der Waals surface area contributed by atoms with Gasteiger partial charge >= 0.3 is 0 Å². The molecule has 2 atom stereocenters. The Morgan fingerprint density at radius 3 is 3.12 bits per heavy atom. The lowest BCUT2D eigenvalue weighted by Crippen LogP contribution is -2.33. The zero-order valence-corrected chi connectivity index (χ0v) is 9.64. The van der Waals surface area contributed by atoms with Crippen molar-refractivity contribution in [3.05, 3.63) is 22.7 Å². The first kappa shape index (κ1) is 11.1. The van der Waals surface area contributed by atoms with Gasteiger partial charge in [-0.1, -0.05) is 0 Å². The first-order chi connectivity index (χ1) is 7.72. The molecular weight excluding hydrogens is 206 g/mol. The molecule has 1 heterocycles. The fourth-order valence-electron chi connectivity index (χ4n) is 2.15. The van der Waals surface area contributed by atoms with Crippen molar-refractivity contribution in [3.63, 3.8) is 0 Å². The van der Waals surface area contributed by atoms with Gasteiger partial charge < -0.3 is 14.6 Å². The Morgan fingerprint density at radius 2 is 2.38 bits per heavy atom. The van der Waals surface area contributed by atoms with Crippen LogP contribution >= 0.6 is 0 Å². The van der Waals surface area contributed by atoms with Crippen LogP contribution in [0.2, 0.25) is 0 Å². The smallest absolute Gasteiger partial charge is 0.293 e. The van der Waals surface area contributed by atoms with E-state index in [9.17, 15) is 4.79 Å². The predicted molar refractivity (Wildman–Crippen MR) is 61.5 cm³/mol. The highest BCUT2D eigenvalue weighted by molar-refractivity contribution is 5.33. The number of hydrogen-bond donors (Lipinski definition) is 1. The van der Waals surface area contributed by atoms with Crippen molar-refractivity contribution in [1.82, 2.24) is 9.55 Å². The number of aromatic nitrogens is 2. The minimum atomic E-state index is -0.0933. The Hall–Kier alpha value is -1.36. The Labute approximate surface area is 94.5 Å². The van der Waals surface area contributed by atoms with Crippen LogP contribution in [0.15, 0.2) is 17.2 Å². The van der Waals surface area contributed by atoms with Gasteiger partial charge in [-0.3, -0.25) is 4.79 Å². The zero-order chi connectivity index (χ0) is 11.5. The van der Waals surface area contributed by atoms with Gasteiger partial charge in [-0.25, -0.2) is 4.98 Å². The second kappa shape index (κ2) is 4.65. The molecule has 88 valence electrons. The third-order valence-electron chi connectivity index (χ3n) is 3.09. The average Bonchev–Trinajstić information content (AvgIpc) is 2.72. The van der Waals surface area contributed by atoms with Gasteiger partial charge in [0.05, 0.1) is 12.1 Å². The van der Waals surface area contributed by atoms with Crippen LogP contribution in [0.5, 0.6) is 0 Å². The molecule has 2 unspecified atom stereocenters. The van der Waals surface area contributed by atoms with Crippen molar-refractivity contribution in [2.24, 2.45) is 7.05 Å². The quantitative estimate of drug-likeness (QED) is 0.822. The molecule has 5 nitrogen and oxygen atoms in total. The van der Waals surface area contributed by atoms with Crippen molar-refractivity contribution >= 4 is 5.82 Å². The topological polar surface area (TPSA) is 56.1 Å². The Kier molecular flexibility index (Phi) is 3.24. The minimum absolute atomic E-state index is 0.0933. The summed E-state index contributed by atoms with van der Waals surface area (Å²) < 4.78 is 6.89. The third kappa shape index (κ3) is 2.09. The highest BCUT2D eigenvalue weighted by Gasteiger charge is 2.27. The van der Waals surface area contributed by atoms with E-state index in [1.807, 2.05) is 0 Å². The van der Waals surface area contributed by atoms with E-state index < -0.39 is 0 Å². The van der Waals surface area contributed by atoms with Crippen LogP contribution in [0.1, 0.15) is 19.3 Å². The van der Waals surface area contributed by atoms with Gasteiger partial charge in [0, 0.05) is 26.6 Å². The summed E-state index contributed by atoms with van der Waals surface area (Å²) in [7, 11) is 3.43. The number of anilines is 1. The zero-order valence-electron chi connectivity index (χ0n) is 9.64. The first-order valence-electron chi connectivity index (χ1n) is 5.53. The standard InChI is InChI=1S/C11H17N3O2/c1-14-7-6-12-10(11(14)15)13-8-4-3-5-9(8)16-2/h6-9H,3-5H2,1-2H3,(H,12,13). The highest BCUT2D eigenvalue weighted by Crippen LogP contribution is 2.23. The van der Waals surface area contributed by atoms with E-state index in [1.54, 1.807) is 26.6 Å². The summed E-state index contributed by atoms with van der Waals surface area (Å²) in [6.45, 7) is 0. The summed E-state index contributed by atoms with van der Waals surface area (Å²) in [4.78, 5) is 15.8. The van der Waals surface area contributed by atoms with Crippen molar-refractivity contribution in [3.8, 4) is 0 Å². The molecule has 0 saturated heterocycles. The summed E-state index contributed by atoms with van der Waals surface area (Å²) in [5.74, 6) is 0.416. The molecule has 0 aliphatic heterocycles. The summed E-state index contributed by atoms with van der Waals surface area (Å²) in [6, 6.07) is 0.201. The minimum Gasteiger partial charge on any atom is -0.379 e. The first-order valence-corrected chi connectivity index (χ1v) is 5.53. The maximum absolute atomic E-state index is 11.7. The van der Waals surface area contributed by atoms with Crippen LogP contribution in [0.3, 0.4) is 0 Å².